The predicted octanol–water partition coefficient (Wildman–Crippen LogP) is -0.551. The Morgan fingerprint density at radius 3 is 2.00 bits per heavy atom. The molecule has 0 saturated carbocycles. The van der Waals surface area contributed by atoms with Crippen molar-refractivity contribution in [3.8, 4) is 0 Å². The van der Waals surface area contributed by atoms with Crippen molar-refractivity contribution in [3.05, 3.63) is 0 Å². The molecule has 1 heterocycles. The molecule has 0 aromatic carbocycles. The van der Waals surface area contributed by atoms with Gasteiger partial charge in [0.25, 0.3) is 0 Å². The molecule has 0 atom stereocenters. The zero-order chi connectivity index (χ0) is 4.41. The minimum atomic E-state index is -2.52. The molecule has 34 valence electrons. The molecule has 1 fully saturated rings. The summed E-state index contributed by atoms with van der Waals surface area (Å²) >= 11 is -2.52. The SMILES string of the molecule is [O]=[Ge]1[O]CC[O]1. The Morgan fingerprint density at radius 2 is 1.83 bits per heavy atom. The van der Waals surface area contributed by atoms with E-state index in [4.69, 9.17) is 0 Å². The molecule has 0 N–H and O–H groups in total. The van der Waals surface area contributed by atoms with Crippen LogP contribution in [0, 0.1) is 0 Å². The molecule has 1 aliphatic heterocycles. The van der Waals surface area contributed by atoms with E-state index in [0.29, 0.717) is 13.2 Å². The standard InChI is InChI=1S/C2H4GeO3/c4-3-5-1-2-6-3/h1-2H2. The summed E-state index contributed by atoms with van der Waals surface area (Å²) in [5.74, 6) is 0. The molecule has 0 spiro atoms. The summed E-state index contributed by atoms with van der Waals surface area (Å²) in [7, 11) is 0. The molecular formula is C2H4GeO3. The molecule has 0 aliphatic carbocycles. The van der Waals surface area contributed by atoms with E-state index in [-0.39, 0.29) is 0 Å². The van der Waals surface area contributed by atoms with Gasteiger partial charge in [-0.25, -0.2) is 0 Å². The van der Waals surface area contributed by atoms with Crippen LogP contribution in [0.25, 0.3) is 0 Å². The second-order valence-corrected chi connectivity index (χ2v) is 3.21. The van der Waals surface area contributed by atoms with Crippen LogP contribution in [-0.2, 0) is 11.3 Å². The molecule has 0 aromatic rings. The van der Waals surface area contributed by atoms with Crippen LogP contribution in [0.5, 0.6) is 0 Å². The minimum absolute atomic E-state index is 0.527. The molecule has 0 aromatic heterocycles. The van der Waals surface area contributed by atoms with Gasteiger partial charge in [-0.05, 0) is 0 Å². The van der Waals surface area contributed by atoms with Gasteiger partial charge in [0.1, 0.15) is 0 Å². The third-order valence-corrected chi connectivity index (χ3v) is 2.37. The van der Waals surface area contributed by atoms with E-state index < -0.39 is 15.0 Å². The molecule has 1 rings (SSSR count). The Balaban J connectivity index is 2.37. The van der Waals surface area contributed by atoms with Crippen molar-refractivity contribution in [1.29, 1.82) is 0 Å². The van der Waals surface area contributed by atoms with Gasteiger partial charge in [-0.2, -0.15) is 0 Å². The van der Waals surface area contributed by atoms with E-state index in [1.165, 1.54) is 0 Å². The average Bonchev–Trinajstić information content (AvgIpc) is 1.86. The second-order valence-electron chi connectivity index (χ2n) is 0.947. The first-order valence-corrected chi connectivity index (χ1v) is 4.26. The van der Waals surface area contributed by atoms with Crippen molar-refractivity contribution >= 4 is 15.0 Å². The van der Waals surface area contributed by atoms with Gasteiger partial charge >= 0.3 is 39.5 Å². The van der Waals surface area contributed by atoms with Gasteiger partial charge in [-0.15, -0.1) is 0 Å². The van der Waals surface area contributed by atoms with Gasteiger partial charge < -0.3 is 0 Å². The number of rotatable bonds is 0. The fraction of sp³-hybridized carbons (Fsp3) is 1.00. The van der Waals surface area contributed by atoms with Gasteiger partial charge in [-0.1, -0.05) is 0 Å². The quantitative estimate of drug-likeness (QED) is 0.433. The van der Waals surface area contributed by atoms with Crippen LogP contribution in [0.15, 0.2) is 0 Å². The third-order valence-electron chi connectivity index (χ3n) is 0.523. The van der Waals surface area contributed by atoms with Crippen molar-refractivity contribution in [2.24, 2.45) is 0 Å². The second kappa shape index (κ2) is 1.59. The first-order valence-electron chi connectivity index (χ1n) is 1.69. The van der Waals surface area contributed by atoms with E-state index in [9.17, 15) is 3.78 Å². The summed E-state index contributed by atoms with van der Waals surface area (Å²) in [6, 6.07) is 0. The monoisotopic (exact) mass is 150 g/mol. The van der Waals surface area contributed by atoms with Crippen LogP contribution in [0.3, 0.4) is 0 Å². The molecule has 0 amide bonds. The van der Waals surface area contributed by atoms with E-state index in [0.717, 1.165) is 0 Å². The van der Waals surface area contributed by atoms with E-state index in [1.807, 2.05) is 0 Å². The fourth-order valence-corrected chi connectivity index (χ4v) is 1.52. The summed E-state index contributed by atoms with van der Waals surface area (Å²) in [5, 5.41) is 0. The molecule has 4 heteroatoms. The van der Waals surface area contributed by atoms with Gasteiger partial charge in [0.15, 0.2) is 0 Å². The van der Waals surface area contributed by atoms with Crippen molar-refractivity contribution in [3.63, 3.8) is 0 Å². The summed E-state index contributed by atoms with van der Waals surface area (Å²) < 4.78 is 19.1. The van der Waals surface area contributed by atoms with Crippen LogP contribution < -0.4 is 0 Å². The topological polar surface area (TPSA) is 35.5 Å². The molecule has 1 aliphatic rings. The van der Waals surface area contributed by atoms with Gasteiger partial charge in [0.05, 0.1) is 0 Å². The Kier molecular flexibility index (Phi) is 1.09. The molecule has 0 bridgehead atoms. The zero-order valence-corrected chi connectivity index (χ0v) is 5.24. The fourth-order valence-electron chi connectivity index (χ4n) is 0.292. The van der Waals surface area contributed by atoms with E-state index in [1.54, 1.807) is 0 Å². The molecule has 6 heavy (non-hydrogen) atoms. The summed E-state index contributed by atoms with van der Waals surface area (Å²) in [6.45, 7) is 1.05. The molecule has 0 radical (unpaired) electrons. The van der Waals surface area contributed by atoms with Crippen molar-refractivity contribution in [1.82, 2.24) is 0 Å². The van der Waals surface area contributed by atoms with Crippen molar-refractivity contribution in [2.45, 2.75) is 0 Å². The normalized spacial score (nSPS) is 19.7. The Bertz CT molecular complexity index is 63.2. The van der Waals surface area contributed by atoms with Gasteiger partial charge in [0.2, 0.25) is 0 Å². The first kappa shape index (κ1) is 4.11. The summed E-state index contributed by atoms with van der Waals surface area (Å²) in [5.41, 5.74) is 0. The Hall–Kier alpha value is -0.0571. The first-order chi connectivity index (χ1) is 2.89. The van der Waals surface area contributed by atoms with Gasteiger partial charge in [0, 0.05) is 0 Å². The average molecular weight is 149 g/mol. The van der Waals surface area contributed by atoms with E-state index in [2.05, 4.69) is 7.53 Å². The molecular weight excluding hydrogens is 145 g/mol. The summed E-state index contributed by atoms with van der Waals surface area (Å²) in [6.07, 6.45) is 0. The molecule has 0 unspecified atom stereocenters. The van der Waals surface area contributed by atoms with Crippen molar-refractivity contribution in [2.75, 3.05) is 13.2 Å². The maximum atomic E-state index is 10.0. The Labute approximate surface area is 40.2 Å². The molecule has 3 nitrogen and oxygen atoms in total. The van der Waals surface area contributed by atoms with Crippen LogP contribution in [0.1, 0.15) is 0 Å². The van der Waals surface area contributed by atoms with Gasteiger partial charge in [-0.3, -0.25) is 0 Å². The third kappa shape index (κ3) is 0.708. The zero-order valence-electron chi connectivity index (χ0n) is 3.14. The Morgan fingerprint density at radius 1 is 1.33 bits per heavy atom. The van der Waals surface area contributed by atoms with Crippen LogP contribution >= 0.6 is 0 Å². The van der Waals surface area contributed by atoms with Crippen LogP contribution in [-0.4, -0.2) is 28.2 Å². The molecule has 1 saturated heterocycles. The van der Waals surface area contributed by atoms with Crippen LogP contribution in [0.4, 0.5) is 0 Å². The van der Waals surface area contributed by atoms with Crippen LogP contribution in [0.2, 0.25) is 0 Å². The number of hydrogen-bond acceptors (Lipinski definition) is 3. The van der Waals surface area contributed by atoms with Crippen molar-refractivity contribution < 1.29 is 11.3 Å². The van der Waals surface area contributed by atoms with E-state index >= 15 is 0 Å². The number of hydrogen-bond donors (Lipinski definition) is 0. The predicted molar refractivity (Wildman–Crippen MR) is 18.3 cm³/mol. The summed E-state index contributed by atoms with van der Waals surface area (Å²) in [4.78, 5) is 0. The maximum absolute atomic E-state index is 10.0.